The Morgan fingerprint density at radius 2 is 2.29 bits per heavy atom. The summed E-state index contributed by atoms with van der Waals surface area (Å²) in [6.07, 6.45) is 0. The van der Waals surface area contributed by atoms with Crippen molar-refractivity contribution in [3.8, 4) is 10.6 Å². The number of nitrogens with zero attached hydrogens (tertiary/aromatic N) is 1. The van der Waals surface area contributed by atoms with E-state index in [1.165, 1.54) is 6.07 Å². The first-order chi connectivity index (χ1) is 8.20. The Morgan fingerprint density at radius 1 is 1.47 bits per heavy atom. The molecule has 0 aliphatic rings. The summed E-state index contributed by atoms with van der Waals surface area (Å²) in [5, 5.41) is 6.16. The van der Waals surface area contributed by atoms with Gasteiger partial charge in [-0.2, -0.15) is 0 Å². The first kappa shape index (κ1) is 12.7. The van der Waals surface area contributed by atoms with Crippen LogP contribution in [0.1, 0.15) is 12.6 Å². The van der Waals surface area contributed by atoms with Gasteiger partial charge in [0.2, 0.25) is 0 Å². The van der Waals surface area contributed by atoms with E-state index in [4.69, 9.17) is 0 Å². The van der Waals surface area contributed by atoms with Crippen molar-refractivity contribution >= 4 is 27.3 Å². The SMILES string of the molecule is CCNCc1csc(-c2ccc(F)c(Br)c2)n1. The van der Waals surface area contributed by atoms with Gasteiger partial charge in [-0.05, 0) is 40.7 Å². The first-order valence-corrected chi connectivity index (χ1v) is 6.98. The van der Waals surface area contributed by atoms with E-state index in [0.29, 0.717) is 4.47 Å². The van der Waals surface area contributed by atoms with Crippen LogP contribution in [0, 0.1) is 5.82 Å². The molecule has 2 rings (SSSR count). The maximum atomic E-state index is 13.1. The quantitative estimate of drug-likeness (QED) is 0.928. The molecule has 1 heterocycles. The minimum atomic E-state index is -0.252. The molecule has 0 unspecified atom stereocenters. The van der Waals surface area contributed by atoms with E-state index in [-0.39, 0.29) is 5.82 Å². The number of nitrogens with one attached hydrogen (secondary N) is 1. The summed E-state index contributed by atoms with van der Waals surface area (Å²) in [4.78, 5) is 4.50. The van der Waals surface area contributed by atoms with E-state index in [0.717, 1.165) is 29.4 Å². The minimum absolute atomic E-state index is 0.252. The molecule has 0 aliphatic carbocycles. The van der Waals surface area contributed by atoms with E-state index < -0.39 is 0 Å². The lowest BCUT2D eigenvalue weighted by atomic mass is 10.2. The zero-order valence-electron chi connectivity index (χ0n) is 9.34. The minimum Gasteiger partial charge on any atom is -0.311 e. The molecule has 0 saturated carbocycles. The van der Waals surface area contributed by atoms with Crippen LogP contribution >= 0.6 is 27.3 Å². The number of hydrogen-bond donors (Lipinski definition) is 1. The fraction of sp³-hybridized carbons (Fsp3) is 0.250. The lowest BCUT2D eigenvalue weighted by molar-refractivity contribution is 0.621. The highest BCUT2D eigenvalue weighted by Gasteiger charge is 2.07. The second-order valence-electron chi connectivity index (χ2n) is 3.55. The molecule has 0 bridgehead atoms. The number of thiazole rings is 1. The molecule has 1 N–H and O–H groups in total. The van der Waals surface area contributed by atoms with Crippen molar-refractivity contribution in [2.45, 2.75) is 13.5 Å². The molecule has 5 heteroatoms. The summed E-state index contributed by atoms with van der Waals surface area (Å²) in [5.74, 6) is -0.252. The van der Waals surface area contributed by atoms with Crippen molar-refractivity contribution in [2.24, 2.45) is 0 Å². The van der Waals surface area contributed by atoms with Gasteiger partial charge < -0.3 is 5.32 Å². The Labute approximate surface area is 112 Å². The van der Waals surface area contributed by atoms with Crippen LogP contribution in [-0.4, -0.2) is 11.5 Å². The van der Waals surface area contributed by atoms with Gasteiger partial charge in [0.1, 0.15) is 10.8 Å². The molecule has 1 aromatic heterocycles. The molecular weight excluding hydrogens is 303 g/mol. The van der Waals surface area contributed by atoms with Crippen LogP contribution in [0.15, 0.2) is 28.1 Å². The second kappa shape index (κ2) is 5.71. The van der Waals surface area contributed by atoms with Crippen molar-refractivity contribution in [3.63, 3.8) is 0 Å². The summed E-state index contributed by atoms with van der Waals surface area (Å²) in [5.41, 5.74) is 1.96. The lowest BCUT2D eigenvalue weighted by Gasteiger charge is -1.99. The predicted molar refractivity (Wildman–Crippen MR) is 72.6 cm³/mol. The van der Waals surface area contributed by atoms with Gasteiger partial charge in [-0.15, -0.1) is 11.3 Å². The molecule has 2 aromatic rings. The monoisotopic (exact) mass is 314 g/mol. The van der Waals surface area contributed by atoms with Crippen LogP contribution < -0.4 is 5.32 Å². The van der Waals surface area contributed by atoms with Crippen LogP contribution in [0.4, 0.5) is 4.39 Å². The third kappa shape index (κ3) is 3.12. The fourth-order valence-corrected chi connectivity index (χ4v) is 2.60. The topological polar surface area (TPSA) is 24.9 Å². The molecule has 2 nitrogen and oxygen atoms in total. The number of aromatic nitrogens is 1. The van der Waals surface area contributed by atoms with Crippen molar-refractivity contribution in [1.29, 1.82) is 0 Å². The number of hydrogen-bond acceptors (Lipinski definition) is 3. The van der Waals surface area contributed by atoms with Crippen molar-refractivity contribution in [1.82, 2.24) is 10.3 Å². The Bertz CT molecular complexity index is 513. The van der Waals surface area contributed by atoms with Crippen LogP contribution in [0.3, 0.4) is 0 Å². The molecule has 0 radical (unpaired) electrons. The molecule has 0 spiro atoms. The highest BCUT2D eigenvalue weighted by atomic mass is 79.9. The molecular formula is C12H12BrFN2S. The van der Waals surface area contributed by atoms with Gasteiger partial charge in [0.05, 0.1) is 10.2 Å². The highest BCUT2D eigenvalue weighted by Crippen LogP contribution is 2.27. The molecule has 17 heavy (non-hydrogen) atoms. The zero-order valence-corrected chi connectivity index (χ0v) is 11.7. The Kier molecular flexibility index (Phi) is 4.25. The van der Waals surface area contributed by atoms with Gasteiger partial charge in [-0.3, -0.25) is 0 Å². The Morgan fingerprint density at radius 3 is 3.00 bits per heavy atom. The van der Waals surface area contributed by atoms with Gasteiger partial charge in [-0.25, -0.2) is 9.37 Å². The lowest BCUT2D eigenvalue weighted by Crippen LogP contribution is -2.11. The zero-order chi connectivity index (χ0) is 12.3. The van der Waals surface area contributed by atoms with E-state index in [1.807, 2.05) is 5.38 Å². The maximum Gasteiger partial charge on any atom is 0.137 e. The largest absolute Gasteiger partial charge is 0.311 e. The molecule has 0 amide bonds. The van der Waals surface area contributed by atoms with E-state index in [9.17, 15) is 4.39 Å². The van der Waals surface area contributed by atoms with E-state index >= 15 is 0 Å². The number of benzene rings is 1. The standard InChI is InChI=1S/C12H12BrFN2S/c1-2-15-6-9-7-17-12(16-9)8-3-4-11(14)10(13)5-8/h3-5,7,15H,2,6H2,1H3. The number of halogens is 2. The molecule has 0 saturated heterocycles. The van der Waals surface area contributed by atoms with Gasteiger partial charge in [0.25, 0.3) is 0 Å². The Balaban J connectivity index is 2.21. The van der Waals surface area contributed by atoms with E-state index in [1.54, 1.807) is 23.5 Å². The third-order valence-electron chi connectivity index (χ3n) is 2.27. The molecule has 90 valence electrons. The van der Waals surface area contributed by atoms with Gasteiger partial charge >= 0.3 is 0 Å². The third-order valence-corrected chi connectivity index (χ3v) is 3.82. The first-order valence-electron chi connectivity index (χ1n) is 5.31. The van der Waals surface area contributed by atoms with Gasteiger partial charge in [0, 0.05) is 17.5 Å². The smallest absolute Gasteiger partial charge is 0.137 e. The van der Waals surface area contributed by atoms with Crippen LogP contribution in [0.5, 0.6) is 0 Å². The van der Waals surface area contributed by atoms with Crippen molar-refractivity contribution in [2.75, 3.05) is 6.54 Å². The summed E-state index contributed by atoms with van der Waals surface area (Å²) in [7, 11) is 0. The van der Waals surface area contributed by atoms with E-state index in [2.05, 4.69) is 33.2 Å². The molecule has 0 atom stereocenters. The van der Waals surface area contributed by atoms with Crippen molar-refractivity contribution in [3.05, 3.63) is 39.6 Å². The van der Waals surface area contributed by atoms with Crippen LogP contribution in [-0.2, 0) is 6.54 Å². The fourth-order valence-electron chi connectivity index (χ4n) is 1.40. The van der Waals surface area contributed by atoms with Crippen LogP contribution in [0.2, 0.25) is 0 Å². The second-order valence-corrected chi connectivity index (χ2v) is 5.27. The molecule has 1 aromatic carbocycles. The van der Waals surface area contributed by atoms with Crippen molar-refractivity contribution < 1.29 is 4.39 Å². The number of rotatable bonds is 4. The molecule has 0 fully saturated rings. The summed E-state index contributed by atoms with van der Waals surface area (Å²) in [6, 6.07) is 4.95. The normalized spacial score (nSPS) is 10.8. The Hall–Kier alpha value is -0.780. The highest BCUT2D eigenvalue weighted by molar-refractivity contribution is 9.10. The van der Waals surface area contributed by atoms with Gasteiger partial charge in [0.15, 0.2) is 0 Å². The van der Waals surface area contributed by atoms with Gasteiger partial charge in [-0.1, -0.05) is 6.92 Å². The maximum absolute atomic E-state index is 13.1. The van der Waals surface area contributed by atoms with Crippen LogP contribution in [0.25, 0.3) is 10.6 Å². The average molecular weight is 315 g/mol. The summed E-state index contributed by atoms with van der Waals surface area (Å²) < 4.78 is 13.6. The summed E-state index contributed by atoms with van der Waals surface area (Å²) in [6.45, 7) is 3.76. The molecule has 0 aliphatic heterocycles. The average Bonchev–Trinajstić information content (AvgIpc) is 2.79. The summed E-state index contributed by atoms with van der Waals surface area (Å²) >= 11 is 4.75. The predicted octanol–water partition coefficient (Wildman–Crippen LogP) is 3.82.